The fraction of sp³-hybridized carbons (Fsp3) is 0.600. The maximum atomic E-state index is 13.6. The van der Waals surface area contributed by atoms with E-state index in [4.69, 9.17) is 10.5 Å². The van der Waals surface area contributed by atoms with Gasteiger partial charge in [0.1, 0.15) is 5.82 Å². The molecule has 0 aliphatic rings. The fourth-order valence-corrected chi connectivity index (χ4v) is 1.92. The molecule has 0 unspecified atom stereocenters. The van der Waals surface area contributed by atoms with Gasteiger partial charge in [0.15, 0.2) is 0 Å². The van der Waals surface area contributed by atoms with Gasteiger partial charge in [-0.3, -0.25) is 0 Å². The Morgan fingerprint density at radius 2 is 1.95 bits per heavy atom. The van der Waals surface area contributed by atoms with E-state index >= 15 is 0 Å². The van der Waals surface area contributed by atoms with Crippen LogP contribution in [-0.2, 0) is 4.74 Å². The Hall–Kier alpha value is -1.13. The minimum Gasteiger partial charge on any atom is -0.377 e. The van der Waals surface area contributed by atoms with Gasteiger partial charge in [-0.15, -0.1) is 0 Å². The molecule has 0 fully saturated rings. The lowest BCUT2D eigenvalue weighted by Gasteiger charge is -2.25. The van der Waals surface area contributed by atoms with Gasteiger partial charge in [0.05, 0.1) is 12.7 Å². The van der Waals surface area contributed by atoms with Gasteiger partial charge in [0.25, 0.3) is 0 Å². The number of likely N-dealkylation sites (N-methyl/N-ethyl adjacent to an activating group) is 1. The molecule has 108 valence electrons. The van der Waals surface area contributed by atoms with E-state index in [1.165, 1.54) is 6.07 Å². The number of nitrogens with two attached hydrogens (primary N) is 1. The summed E-state index contributed by atoms with van der Waals surface area (Å²) in [6.45, 7) is 9.05. The highest BCUT2D eigenvalue weighted by Crippen LogP contribution is 2.27. The summed E-state index contributed by atoms with van der Waals surface area (Å²) in [5, 5.41) is 0. The molecule has 1 atom stereocenters. The summed E-state index contributed by atoms with van der Waals surface area (Å²) in [5.41, 5.74) is 8.36. The van der Waals surface area contributed by atoms with Crippen LogP contribution in [0, 0.1) is 12.7 Å². The van der Waals surface area contributed by atoms with Crippen LogP contribution in [0.4, 0.5) is 10.1 Å². The molecule has 0 amide bonds. The average Bonchev–Trinajstić information content (AvgIpc) is 2.31. The highest BCUT2D eigenvalue weighted by molar-refractivity contribution is 5.56. The minimum absolute atomic E-state index is 0.196. The molecule has 0 saturated carbocycles. The standard InChI is InChI=1S/C15H25FN2O/c1-10(2)19-7-6-18(5)15-8-11(3)14(16)9-13(15)12(4)17/h8-10,12H,6-7,17H2,1-5H3/t12-/m1/s1. The topological polar surface area (TPSA) is 38.5 Å². The number of ether oxygens (including phenoxy) is 1. The molecule has 0 heterocycles. The van der Waals surface area contributed by atoms with Crippen molar-refractivity contribution in [2.75, 3.05) is 25.1 Å². The molecule has 3 nitrogen and oxygen atoms in total. The number of aryl methyl sites for hydroxylation is 1. The maximum Gasteiger partial charge on any atom is 0.126 e. The molecular weight excluding hydrogens is 243 g/mol. The van der Waals surface area contributed by atoms with Gasteiger partial charge in [-0.05, 0) is 51.0 Å². The number of halogens is 1. The number of anilines is 1. The third-order valence-corrected chi connectivity index (χ3v) is 3.09. The van der Waals surface area contributed by atoms with Crippen LogP contribution in [0.2, 0.25) is 0 Å². The molecular formula is C15H25FN2O. The summed E-state index contributed by atoms with van der Waals surface area (Å²) < 4.78 is 19.2. The Kier molecular flexibility index (Phi) is 5.76. The van der Waals surface area contributed by atoms with E-state index in [0.717, 1.165) is 17.8 Å². The molecule has 1 aromatic carbocycles. The Morgan fingerprint density at radius 3 is 2.47 bits per heavy atom. The van der Waals surface area contributed by atoms with Gasteiger partial charge in [0.2, 0.25) is 0 Å². The first-order valence-corrected chi connectivity index (χ1v) is 6.71. The van der Waals surface area contributed by atoms with Crippen molar-refractivity contribution in [3.8, 4) is 0 Å². The van der Waals surface area contributed by atoms with E-state index in [2.05, 4.69) is 4.90 Å². The van der Waals surface area contributed by atoms with Crippen molar-refractivity contribution < 1.29 is 9.13 Å². The third kappa shape index (κ3) is 4.48. The molecule has 1 rings (SSSR count). The third-order valence-electron chi connectivity index (χ3n) is 3.09. The Labute approximate surface area is 115 Å². The van der Waals surface area contributed by atoms with Crippen molar-refractivity contribution in [1.82, 2.24) is 0 Å². The van der Waals surface area contributed by atoms with Crippen LogP contribution < -0.4 is 10.6 Å². The lowest BCUT2D eigenvalue weighted by molar-refractivity contribution is 0.0846. The molecule has 19 heavy (non-hydrogen) atoms. The lowest BCUT2D eigenvalue weighted by atomic mass is 10.0. The molecule has 0 spiro atoms. The average molecular weight is 268 g/mol. The lowest BCUT2D eigenvalue weighted by Crippen LogP contribution is -2.26. The van der Waals surface area contributed by atoms with Crippen molar-refractivity contribution in [2.45, 2.75) is 39.8 Å². The van der Waals surface area contributed by atoms with E-state index in [9.17, 15) is 4.39 Å². The second-order valence-corrected chi connectivity index (χ2v) is 5.29. The van der Waals surface area contributed by atoms with Gasteiger partial charge < -0.3 is 15.4 Å². The molecule has 2 N–H and O–H groups in total. The van der Waals surface area contributed by atoms with Crippen LogP contribution in [0.25, 0.3) is 0 Å². The number of benzene rings is 1. The molecule has 4 heteroatoms. The first-order valence-electron chi connectivity index (χ1n) is 6.71. The van der Waals surface area contributed by atoms with E-state index in [1.54, 1.807) is 6.92 Å². The van der Waals surface area contributed by atoms with E-state index in [0.29, 0.717) is 12.2 Å². The molecule has 0 aliphatic carbocycles. The Morgan fingerprint density at radius 1 is 1.32 bits per heavy atom. The van der Waals surface area contributed by atoms with Gasteiger partial charge in [0, 0.05) is 25.3 Å². The largest absolute Gasteiger partial charge is 0.377 e. The summed E-state index contributed by atoms with van der Waals surface area (Å²) in [4.78, 5) is 2.06. The summed E-state index contributed by atoms with van der Waals surface area (Å²) in [6, 6.07) is 3.19. The smallest absolute Gasteiger partial charge is 0.126 e. The van der Waals surface area contributed by atoms with Crippen molar-refractivity contribution in [1.29, 1.82) is 0 Å². The SMILES string of the molecule is Cc1cc(N(C)CCOC(C)C)c([C@@H](C)N)cc1F. The van der Waals surface area contributed by atoms with Crippen molar-refractivity contribution in [2.24, 2.45) is 5.73 Å². The van der Waals surface area contributed by atoms with Crippen LogP contribution in [0.1, 0.15) is 37.9 Å². The van der Waals surface area contributed by atoms with Gasteiger partial charge >= 0.3 is 0 Å². The van der Waals surface area contributed by atoms with Gasteiger partial charge in [-0.2, -0.15) is 0 Å². The number of nitrogens with zero attached hydrogens (tertiary/aromatic N) is 1. The molecule has 0 radical (unpaired) electrons. The summed E-state index contributed by atoms with van der Waals surface area (Å²) in [7, 11) is 1.97. The zero-order valence-electron chi connectivity index (χ0n) is 12.5. The van der Waals surface area contributed by atoms with E-state index < -0.39 is 0 Å². The second-order valence-electron chi connectivity index (χ2n) is 5.29. The summed E-state index contributed by atoms with van der Waals surface area (Å²) in [6.07, 6.45) is 0.219. The number of hydrogen-bond acceptors (Lipinski definition) is 3. The summed E-state index contributed by atoms with van der Waals surface area (Å²) in [5.74, 6) is -0.206. The highest BCUT2D eigenvalue weighted by atomic mass is 19.1. The maximum absolute atomic E-state index is 13.6. The van der Waals surface area contributed by atoms with E-state index in [-0.39, 0.29) is 18.0 Å². The Balaban J connectivity index is 2.88. The monoisotopic (exact) mass is 268 g/mol. The predicted octanol–water partition coefficient (Wildman–Crippen LogP) is 3.02. The predicted molar refractivity (Wildman–Crippen MR) is 78.1 cm³/mol. The molecule has 0 saturated heterocycles. The highest BCUT2D eigenvalue weighted by Gasteiger charge is 2.14. The van der Waals surface area contributed by atoms with Crippen LogP contribution in [0.5, 0.6) is 0 Å². The normalized spacial score (nSPS) is 12.8. The van der Waals surface area contributed by atoms with Crippen molar-refractivity contribution >= 4 is 5.69 Å². The van der Waals surface area contributed by atoms with Gasteiger partial charge in [-0.1, -0.05) is 0 Å². The van der Waals surface area contributed by atoms with Crippen LogP contribution >= 0.6 is 0 Å². The Bertz CT molecular complexity index is 419. The van der Waals surface area contributed by atoms with Crippen molar-refractivity contribution in [3.05, 3.63) is 29.1 Å². The number of rotatable bonds is 6. The fourth-order valence-electron chi connectivity index (χ4n) is 1.92. The zero-order chi connectivity index (χ0) is 14.6. The first kappa shape index (κ1) is 15.9. The first-order chi connectivity index (χ1) is 8.82. The van der Waals surface area contributed by atoms with Gasteiger partial charge in [-0.25, -0.2) is 4.39 Å². The minimum atomic E-state index is -0.206. The van der Waals surface area contributed by atoms with Crippen LogP contribution in [0.3, 0.4) is 0 Å². The second kappa shape index (κ2) is 6.87. The number of hydrogen-bond donors (Lipinski definition) is 1. The molecule has 0 bridgehead atoms. The molecule has 0 aliphatic heterocycles. The zero-order valence-corrected chi connectivity index (χ0v) is 12.5. The van der Waals surface area contributed by atoms with E-state index in [1.807, 2.05) is 33.9 Å². The molecule has 1 aromatic rings. The quantitative estimate of drug-likeness (QED) is 0.862. The van der Waals surface area contributed by atoms with Crippen molar-refractivity contribution in [3.63, 3.8) is 0 Å². The molecule has 0 aromatic heterocycles. The summed E-state index contributed by atoms with van der Waals surface area (Å²) >= 11 is 0. The van der Waals surface area contributed by atoms with Crippen LogP contribution in [0.15, 0.2) is 12.1 Å². The van der Waals surface area contributed by atoms with Crippen LogP contribution in [-0.4, -0.2) is 26.3 Å².